The largest absolute Gasteiger partial charge is 0.390 e. The summed E-state index contributed by atoms with van der Waals surface area (Å²) in [5.41, 5.74) is -0.627. The van der Waals surface area contributed by atoms with Crippen molar-refractivity contribution >= 4 is 0 Å². The average molecular weight is 174 g/mol. The van der Waals surface area contributed by atoms with Gasteiger partial charge in [0.25, 0.3) is 0 Å². The lowest BCUT2D eigenvalue weighted by Crippen LogP contribution is -2.53. The molecule has 1 aliphatic heterocycles. The fraction of sp³-hybridized carbons (Fsp3) is 1.00. The summed E-state index contributed by atoms with van der Waals surface area (Å²) >= 11 is 0. The third-order valence-electron chi connectivity index (χ3n) is 3.17. The van der Waals surface area contributed by atoms with Gasteiger partial charge in [0.05, 0.1) is 12.2 Å². The summed E-state index contributed by atoms with van der Waals surface area (Å²) in [6.07, 6.45) is -2.80. The Kier molecular flexibility index (Phi) is 1.55. The second-order valence-electron chi connectivity index (χ2n) is 4.01. The molecule has 4 nitrogen and oxygen atoms in total. The molecule has 0 amide bonds. The van der Waals surface area contributed by atoms with Gasteiger partial charge in [0.2, 0.25) is 0 Å². The Hall–Kier alpha value is -0.160. The molecule has 2 fully saturated rings. The minimum atomic E-state index is -0.874. The van der Waals surface area contributed by atoms with Crippen molar-refractivity contribution in [2.75, 3.05) is 0 Å². The van der Waals surface area contributed by atoms with E-state index in [0.717, 1.165) is 0 Å². The van der Waals surface area contributed by atoms with Crippen molar-refractivity contribution in [3.05, 3.63) is 0 Å². The highest BCUT2D eigenvalue weighted by molar-refractivity contribution is 5.15. The Morgan fingerprint density at radius 1 is 1.17 bits per heavy atom. The third kappa shape index (κ3) is 0.808. The monoisotopic (exact) mass is 174 g/mol. The standard InChI is InChI=1S/C8H14O4/c1-3-4(9)5(10)7-8(2,12-7)6(3)11/h3-7,9-11H,1-2H3. The quantitative estimate of drug-likeness (QED) is 0.407. The van der Waals surface area contributed by atoms with Crippen LogP contribution in [0.5, 0.6) is 0 Å². The van der Waals surface area contributed by atoms with Crippen molar-refractivity contribution in [3.63, 3.8) is 0 Å². The van der Waals surface area contributed by atoms with E-state index in [-0.39, 0.29) is 5.92 Å². The Bertz CT molecular complexity index is 202. The smallest absolute Gasteiger partial charge is 0.121 e. The molecule has 0 spiro atoms. The van der Waals surface area contributed by atoms with E-state index in [1.54, 1.807) is 13.8 Å². The molecule has 2 aliphatic rings. The summed E-state index contributed by atoms with van der Waals surface area (Å²) in [5.74, 6) is -0.330. The van der Waals surface area contributed by atoms with Crippen molar-refractivity contribution in [1.82, 2.24) is 0 Å². The summed E-state index contributed by atoms with van der Waals surface area (Å²) < 4.78 is 5.17. The molecule has 1 heterocycles. The van der Waals surface area contributed by atoms with Crippen LogP contribution in [0.1, 0.15) is 13.8 Å². The fourth-order valence-electron chi connectivity index (χ4n) is 2.09. The first-order valence-corrected chi connectivity index (χ1v) is 4.20. The van der Waals surface area contributed by atoms with Crippen LogP contribution in [0.25, 0.3) is 0 Å². The topological polar surface area (TPSA) is 73.2 Å². The van der Waals surface area contributed by atoms with Crippen LogP contribution in [0.4, 0.5) is 0 Å². The maximum Gasteiger partial charge on any atom is 0.121 e. The van der Waals surface area contributed by atoms with Gasteiger partial charge in [-0.2, -0.15) is 0 Å². The molecule has 0 radical (unpaired) electrons. The van der Waals surface area contributed by atoms with Crippen LogP contribution in [-0.4, -0.2) is 45.3 Å². The van der Waals surface area contributed by atoms with Crippen molar-refractivity contribution in [2.24, 2.45) is 5.92 Å². The molecule has 0 aromatic heterocycles. The molecule has 70 valence electrons. The first-order valence-electron chi connectivity index (χ1n) is 4.20. The van der Waals surface area contributed by atoms with Gasteiger partial charge in [-0.25, -0.2) is 0 Å². The summed E-state index contributed by atoms with van der Waals surface area (Å²) in [6, 6.07) is 0. The van der Waals surface area contributed by atoms with Crippen LogP contribution in [0, 0.1) is 5.92 Å². The van der Waals surface area contributed by atoms with Crippen molar-refractivity contribution in [1.29, 1.82) is 0 Å². The first-order chi connectivity index (χ1) is 5.48. The number of hydrogen-bond acceptors (Lipinski definition) is 4. The van der Waals surface area contributed by atoms with E-state index < -0.39 is 30.0 Å². The zero-order chi connectivity index (χ0) is 9.09. The van der Waals surface area contributed by atoms with Crippen LogP contribution in [0.2, 0.25) is 0 Å². The fourth-order valence-corrected chi connectivity index (χ4v) is 2.09. The lowest BCUT2D eigenvalue weighted by molar-refractivity contribution is -0.0858. The zero-order valence-electron chi connectivity index (χ0n) is 7.14. The summed E-state index contributed by atoms with van der Waals surface area (Å²) in [4.78, 5) is 0. The molecule has 6 atom stereocenters. The number of rotatable bonds is 0. The lowest BCUT2D eigenvalue weighted by Gasteiger charge is -2.34. The van der Waals surface area contributed by atoms with Crippen molar-refractivity contribution in [2.45, 2.75) is 43.9 Å². The van der Waals surface area contributed by atoms with E-state index in [0.29, 0.717) is 0 Å². The van der Waals surface area contributed by atoms with E-state index in [9.17, 15) is 15.3 Å². The molecule has 0 aromatic carbocycles. The van der Waals surface area contributed by atoms with E-state index in [4.69, 9.17) is 4.74 Å². The van der Waals surface area contributed by atoms with Crippen LogP contribution in [0.3, 0.4) is 0 Å². The highest BCUT2D eigenvalue weighted by Crippen LogP contribution is 2.49. The molecule has 1 saturated carbocycles. The van der Waals surface area contributed by atoms with Gasteiger partial charge in [-0.05, 0) is 6.92 Å². The molecular formula is C8H14O4. The number of hydrogen-bond donors (Lipinski definition) is 3. The van der Waals surface area contributed by atoms with Gasteiger partial charge in [0.1, 0.15) is 17.8 Å². The third-order valence-corrected chi connectivity index (χ3v) is 3.17. The van der Waals surface area contributed by atoms with E-state index >= 15 is 0 Å². The average Bonchev–Trinajstić information content (AvgIpc) is 2.72. The Balaban J connectivity index is 2.22. The molecule has 6 unspecified atom stereocenters. The highest BCUT2D eigenvalue weighted by atomic mass is 16.6. The minimum Gasteiger partial charge on any atom is -0.390 e. The van der Waals surface area contributed by atoms with Crippen LogP contribution in [-0.2, 0) is 4.74 Å². The Morgan fingerprint density at radius 3 is 2.33 bits per heavy atom. The van der Waals surface area contributed by atoms with Crippen molar-refractivity contribution in [3.8, 4) is 0 Å². The summed E-state index contributed by atoms with van der Waals surface area (Å²) in [6.45, 7) is 3.47. The Morgan fingerprint density at radius 2 is 1.75 bits per heavy atom. The Labute approximate surface area is 70.8 Å². The number of aliphatic hydroxyl groups excluding tert-OH is 3. The minimum absolute atomic E-state index is 0.330. The molecule has 2 rings (SSSR count). The summed E-state index contributed by atoms with van der Waals surface area (Å²) in [7, 11) is 0. The van der Waals surface area contributed by atoms with Gasteiger partial charge >= 0.3 is 0 Å². The zero-order valence-corrected chi connectivity index (χ0v) is 7.14. The molecule has 3 N–H and O–H groups in total. The highest BCUT2D eigenvalue weighted by Gasteiger charge is 2.67. The number of aliphatic hydroxyl groups is 3. The second-order valence-corrected chi connectivity index (χ2v) is 4.01. The number of fused-ring (bicyclic) bond motifs is 1. The van der Waals surface area contributed by atoms with Crippen molar-refractivity contribution < 1.29 is 20.1 Å². The maximum absolute atomic E-state index is 9.64. The van der Waals surface area contributed by atoms with E-state index in [1.807, 2.05) is 0 Å². The lowest BCUT2D eigenvalue weighted by atomic mass is 9.77. The van der Waals surface area contributed by atoms with Gasteiger partial charge in [-0.15, -0.1) is 0 Å². The van der Waals surface area contributed by atoms with Gasteiger partial charge in [0.15, 0.2) is 0 Å². The normalized spacial score (nSPS) is 64.2. The molecule has 4 heteroatoms. The molecule has 1 aliphatic carbocycles. The summed E-state index contributed by atoms with van der Waals surface area (Å²) in [5, 5.41) is 28.5. The first kappa shape index (κ1) is 8.44. The SMILES string of the molecule is CC1C(O)C(O)C2OC2(C)C1O. The van der Waals surface area contributed by atoms with E-state index in [2.05, 4.69) is 0 Å². The molecule has 1 saturated heterocycles. The molecule has 0 bridgehead atoms. The van der Waals surface area contributed by atoms with Crippen LogP contribution in [0.15, 0.2) is 0 Å². The molecular weight excluding hydrogens is 160 g/mol. The number of epoxide rings is 1. The van der Waals surface area contributed by atoms with Crippen LogP contribution >= 0.6 is 0 Å². The van der Waals surface area contributed by atoms with E-state index in [1.165, 1.54) is 0 Å². The second kappa shape index (κ2) is 2.20. The van der Waals surface area contributed by atoms with Gasteiger partial charge in [-0.1, -0.05) is 6.92 Å². The maximum atomic E-state index is 9.64. The number of ether oxygens (including phenoxy) is 1. The van der Waals surface area contributed by atoms with Gasteiger partial charge in [-0.3, -0.25) is 0 Å². The predicted octanol–water partition coefficient (Wildman–Crippen LogP) is -1.12. The van der Waals surface area contributed by atoms with Gasteiger partial charge in [0, 0.05) is 5.92 Å². The molecule has 12 heavy (non-hydrogen) atoms. The molecule has 0 aromatic rings. The van der Waals surface area contributed by atoms with Crippen LogP contribution < -0.4 is 0 Å². The van der Waals surface area contributed by atoms with Gasteiger partial charge < -0.3 is 20.1 Å². The predicted molar refractivity (Wildman–Crippen MR) is 40.5 cm³/mol.